The molecule has 0 spiro atoms. The van der Waals surface area contributed by atoms with Crippen molar-refractivity contribution < 1.29 is 9.53 Å². The number of aromatic nitrogens is 1. The van der Waals surface area contributed by atoms with Gasteiger partial charge >= 0.3 is 0 Å². The molecule has 1 aliphatic rings. The number of amides is 1. The Morgan fingerprint density at radius 2 is 2.10 bits per heavy atom. The smallest absolute Gasteiger partial charge is 0.251 e. The first-order valence-corrected chi connectivity index (χ1v) is 7.37. The van der Waals surface area contributed by atoms with Gasteiger partial charge in [-0.05, 0) is 31.4 Å². The lowest BCUT2D eigenvalue weighted by Crippen LogP contribution is -2.49. The maximum absolute atomic E-state index is 12.3. The zero-order valence-electron chi connectivity index (χ0n) is 13.3. The normalized spacial score (nSPS) is 17.1. The maximum atomic E-state index is 12.3. The van der Waals surface area contributed by atoms with Crippen molar-refractivity contribution in [2.24, 2.45) is 0 Å². The largest absolute Gasteiger partial charge is 0.384 e. The van der Waals surface area contributed by atoms with Crippen molar-refractivity contribution in [1.29, 1.82) is 0 Å². The van der Waals surface area contributed by atoms with Crippen LogP contribution in [-0.4, -0.2) is 30.1 Å². The molecule has 5 nitrogen and oxygen atoms in total. The number of hydrogen-bond acceptors (Lipinski definition) is 4. The highest BCUT2D eigenvalue weighted by Crippen LogP contribution is 2.34. The molecule has 116 valence electrons. The number of methoxy groups -OCH3 is 1. The highest BCUT2D eigenvalue weighted by molar-refractivity contribution is 5.95. The van der Waals surface area contributed by atoms with E-state index in [-0.39, 0.29) is 16.9 Å². The summed E-state index contributed by atoms with van der Waals surface area (Å²) in [6.45, 7) is 6.68. The van der Waals surface area contributed by atoms with Gasteiger partial charge in [0.2, 0.25) is 0 Å². The number of nitrogen functional groups attached to an aromatic ring is 1. The summed E-state index contributed by atoms with van der Waals surface area (Å²) in [5, 5.41) is 2.95. The second kappa shape index (κ2) is 5.64. The van der Waals surface area contributed by atoms with E-state index in [0.29, 0.717) is 17.9 Å². The molecule has 1 heterocycles. The summed E-state index contributed by atoms with van der Waals surface area (Å²) < 4.78 is 5.51. The van der Waals surface area contributed by atoms with Crippen molar-refractivity contribution in [1.82, 2.24) is 10.3 Å². The Bertz CT molecular complexity index is 525. The fourth-order valence-corrected chi connectivity index (χ4v) is 2.43. The lowest BCUT2D eigenvalue weighted by Gasteiger charge is -2.40. The summed E-state index contributed by atoms with van der Waals surface area (Å²) in [7, 11) is 1.70. The first kappa shape index (κ1) is 15.8. The van der Waals surface area contributed by atoms with Gasteiger partial charge in [0.15, 0.2) is 0 Å². The van der Waals surface area contributed by atoms with E-state index in [4.69, 9.17) is 10.5 Å². The Morgan fingerprint density at radius 3 is 2.57 bits per heavy atom. The Kier molecular flexibility index (Phi) is 4.23. The quantitative estimate of drug-likeness (QED) is 0.892. The highest BCUT2D eigenvalue weighted by atomic mass is 16.5. The zero-order chi connectivity index (χ0) is 15.7. The second-order valence-corrected chi connectivity index (χ2v) is 6.84. The summed E-state index contributed by atoms with van der Waals surface area (Å²) in [5.74, 6) is 0.246. The highest BCUT2D eigenvalue weighted by Gasteiger charge is 2.37. The van der Waals surface area contributed by atoms with E-state index >= 15 is 0 Å². The van der Waals surface area contributed by atoms with Gasteiger partial charge in [0.1, 0.15) is 5.82 Å². The number of rotatable bonds is 4. The average molecular weight is 291 g/mol. The third-order valence-electron chi connectivity index (χ3n) is 4.14. The molecule has 3 N–H and O–H groups in total. The van der Waals surface area contributed by atoms with Crippen LogP contribution in [0.3, 0.4) is 0 Å². The van der Waals surface area contributed by atoms with Gasteiger partial charge in [-0.3, -0.25) is 4.79 Å². The average Bonchev–Trinajstić information content (AvgIpc) is 2.36. The molecule has 0 saturated heterocycles. The van der Waals surface area contributed by atoms with E-state index in [1.54, 1.807) is 13.2 Å². The Balaban J connectivity index is 2.10. The van der Waals surface area contributed by atoms with Crippen LogP contribution in [0.4, 0.5) is 5.82 Å². The standard InChI is InChI=1S/C16H25N3O2/c1-15(2,3)12-8-11(9-13(17)19-12)14(20)18-10-16(21-4)6-5-7-16/h8-9H,5-7,10H2,1-4H3,(H2,17,19)(H,18,20). The van der Waals surface area contributed by atoms with Gasteiger partial charge < -0.3 is 15.8 Å². The van der Waals surface area contributed by atoms with E-state index in [0.717, 1.165) is 25.0 Å². The fraction of sp³-hybridized carbons (Fsp3) is 0.625. The summed E-state index contributed by atoms with van der Waals surface area (Å²) in [6, 6.07) is 3.43. The summed E-state index contributed by atoms with van der Waals surface area (Å²) in [4.78, 5) is 16.6. The summed E-state index contributed by atoms with van der Waals surface area (Å²) in [6.07, 6.45) is 3.14. The predicted octanol–water partition coefficient (Wildman–Crippen LogP) is 2.26. The molecule has 0 aliphatic heterocycles. The Labute approximate surface area is 126 Å². The monoisotopic (exact) mass is 291 g/mol. The van der Waals surface area contributed by atoms with Crippen LogP contribution in [0.5, 0.6) is 0 Å². The van der Waals surface area contributed by atoms with Gasteiger partial charge in [0, 0.05) is 30.3 Å². The summed E-state index contributed by atoms with van der Waals surface area (Å²) in [5.41, 5.74) is 6.87. The molecular weight excluding hydrogens is 266 g/mol. The molecule has 0 radical (unpaired) electrons. The fourth-order valence-electron chi connectivity index (χ4n) is 2.43. The van der Waals surface area contributed by atoms with Crippen LogP contribution in [-0.2, 0) is 10.2 Å². The number of hydrogen-bond donors (Lipinski definition) is 2. The SMILES string of the molecule is COC1(CNC(=O)c2cc(N)nc(C(C)(C)C)c2)CCC1. The second-order valence-electron chi connectivity index (χ2n) is 6.84. The van der Waals surface area contributed by atoms with E-state index < -0.39 is 0 Å². The number of carbonyl (C=O) groups is 1. The minimum absolute atomic E-state index is 0.127. The van der Waals surface area contributed by atoms with Crippen molar-refractivity contribution in [3.8, 4) is 0 Å². The van der Waals surface area contributed by atoms with Gasteiger partial charge in [-0.1, -0.05) is 20.8 Å². The zero-order valence-corrected chi connectivity index (χ0v) is 13.3. The van der Waals surface area contributed by atoms with Crippen LogP contribution in [0.25, 0.3) is 0 Å². The molecule has 1 amide bonds. The molecule has 21 heavy (non-hydrogen) atoms. The number of nitrogens with two attached hydrogens (primary N) is 1. The van der Waals surface area contributed by atoms with Gasteiger partial charge in [-0.15, -0.1) is 0 Å². The Morgan fingerprint density at radius 1 is 1.43 bits per heavy atom. The van der Waals surface area contributed by atoms with Crippen molar-refractivity contribution in [2.75, 3.05) is 19.4 Å². The molecule has 0 bridgehead atoms. The van der Waals surface area contributed by atoms with E-state index in [1.165, 1.54) is 0 Å². The van der Waals surface area contributed by atoms with E-state index in [1.807, 2.05) is 26.8 Å². The Hall–Kier alpha value is -1.62. The summed E-state index contributed by atoms with van der Waals surface area (Å²) >= 11 is 0. The number of carbonyl (C=O) groups excluding carboxylic acids is 1. The molecule has 1 aromatic heterocycles. The molecule has 0 unspecified atom stereocenters. The molecule has 0 aromatic carbocycles. The maximum Gasteiger partial charge on any atom is 0.251 e. The van der Waals surface area contributed by atoms with Crippen LogP contribution in [0.2, 0.25) is 0 Å². The van der Waals surface area contributed by atoms with Crippen LogP contribution < -0.4 is 11.1 Å². The molecule has 1 fully saturated rings. The third-order valence-corrected chi connectivity index (χ3v) is 4.14. The van der Waals surface area contributed by atoms with E-state index in [2.05, 4.69) is 10.3 Å². The molecular formula is C16H25N3O2. The molecule has 0 atom stereocenters. The van der Waals surface area contributed by atoms with Crippen LogP contribution in [0.1, 0.15) is 56.1 Å². The molecule has 1 saturated carbocycles. The van der Waals surface area contributed by atoms with Crippen LogP contribution in [0, 0.1) is 0 Å². The number of nitrogens with zero attached hydrogens (tertiary/aromatic N) is 1. The number of anilines is 1. The first-order chi connectivity index (χ1) is 9.76. The topological polar surface area (TPSA) is 77.2 Å². The van der Waals surface area contributed by atoms with Gasteiger partial charge in [0.05, 0.1) is 5.60 Å². The molecule has 2 rings (SSSR count). The van der Waals surface area contributed by atoms with E-state index in [9.17, 15) is 4.79 Å². The van der Waals surface area contributed by atoms with Crippen molar-refractivity contribution in [3.05, 3.63) is 23.4 Å². The number of ether oxygens (including phenoxy) is 1. The van der Waals surface area contributed by atoms with Crippen LogP contribution in [0.15, 0.2) is 12.1 Å². The minimum Gasteiger partial charge on any atom is -0.384 e. The minimum atomic E-state index is -0.179. The molecule has 1 aromatic rings. The van der Waals surface area contributed by atoms with Crippen molar-refractivity contribution in [2.45, 2.75) is 51.0 Å². The molecule has 1 aliphatic carbocycles. The first-order valence-electron chi connectivity index (χ1n) is 7.37. The van der Waals surface area contributed by atoms with Gasteiger partial charge in [0.25, 0.3) is 5.91 Å². The van der Waals surface area contributed by atoms with Crippen molar-refractivity contribution >= 4 is 11.7 Å². The third kappa shape index (κ3) is 3.53. The van der Waals surface area contributed by atoms with Gasteiger partial charge in [-0.2, -0.15) is 0 Å². The van der Waals surface area contributed by atoms with Gasteiger partial charge in [-0.25, -0.2) is 4.98 Å². The number of pyridine rings is 1. The predicted molar refractivity (Wildman–Crippen MR) is 83.3 cm³/mol. The van der Waals surface area contributed by atoms with Crippen molar-refractivity contribution in [3.63, 3.8) is 0 Å². The lowest BCUT2D eigenvalue weighted by molar-refractivity contribution is -0.0679. The van der Waals surface area contributed by atoms with Crippen LogP contribution >= 0.6 is 0 Å². The number of nitrogens with one attached hydrogen (secondary N) is 1. The molecule has 5 heteroatoms. The lowest BCUT2D eigenvalue weighted by atomic mass is 9.80.